The summed E-state index contributed by atoms with van der Waals surface area (Å²) in [7, 11) is 6.63. The second-order valence-electron chi connectivity index (χ2n) is 12.5. The lowest BCUT2D eigenvalue weighted by Crippen LogP contribution is -2.36. The molecule has 0 spiro atoms. The molecule has 0 atom stereocenters. The highest BCUT2D eigenvalue weighted by Crippen LogP contribution is 2.14. The summed E-state index contributed by atoms with van der Waals surface area (Å²) in [5, 5.41) is 18.5. The lowest BCUT2D eigenvalue weighted by atomic mass is 10.4. The van der Waals surface area contributed by atoms with Gasteiger partial charge >= 0.3 is 47.1 Å². The Kier molecular flexibility index (Phi) is 43.9. The minimum absolute atomic E-state index is 0.0273. The normalized spacial score (nSPS) is 9.79. The van der Waals surface area contributed by atoms with Gasteiger partial charge in [0.15, 0.2) is 0 Å². The number of ether oxygens (including phenoxy) is 8. The highest BCUT2D eigenvalue weighted by Gasteiger charge is 2.28. The van der Waals surface area contributed by atoms with E-state index in [9.17, 15) is 24.0 Å². The van der Waals surface area contributed by atoms with Crippen LogP contribution in [0.2, 0.25) is 25.2 Å². The molecule has 0 fully saturated rings. The number of hydrogen-bond acceptors (Lipinski definition) is 19. The van der Waals surface area contributed by atoms with Gasteiger partial charge in [0, 0.05) is 78.2 Å². The van der Waals surface area contributed by atoms with E-state index in [4.69, 9.17) is 42.3 Å². The van der Waals surface area contributed by atoms with Crippen molar-refractivity contribution in [2.75, 3.05) is 82.2 Å². The number of amides is 1. The van der Waals surface area contributed by atoms with Crippen LogP contribution in [0, 0.1) is 11.5 Å². The zero-order valence-electron chi connectivity index (χ0n) is 38.6. The smallest absolute Gasteiger partial charge is 0.415 e. The molecule has 0 aromatic carbocycles. The molecule has 2 N–H and O–H groups in total. The molecule has 0 rings (SSSR count). The Morgan fingerprint density at radius 1 is 0.565 bits per heavy atom. The summed E-state index contributed by atoms with van der Waals surface area (Å²) in [5.41, 5.74) is 0.960. The highest BCUT2D eigenvalue weighted by atomic mass is 28.4. The van der Waals surface area contributed by atoms with Gasteiger partial charge in [0.05, 0.1) is 6.54 Å². The summed E-state index contributed by atoms with van der Waals surface area (Å²) in [6, 6.07) is 1.99. The Bertz CT molecular complexity index is 1430. The van der Waals surface area contributed by atoms with Crippen LogP contribution in [0.3, 0.4) is 0 Å². The van der Waals surface area contributed by atoms with Gasteiger partial charge in [-0.2, -0.15) is 5.26 Å². The number of aliphatic hydroxyl groups excluding tert-OH is 1. The van der Waals surface area contributed by atoms with E-state index >= 15 is 0 Å². The molecule has 0 aliphatic carbocycles. The van der Waals surface area contributed by atoms with E-state index in [1.165, 1.54) is 27.0 Å². The molecule has 22 heteroatoms. The maximum Gasteiger partial charge on any atom is 0.415 e. The van der Waals surface area contributed by atoms with Crippen molar-refractivity contribution in [1.29, 1.82) is 5.26 Å². The number of alkyl carbamates (subject to hydrolysis) is 1. The van der Waals surface area contributed by atoms with Crippen molar-refractivity contribution >= 4 is 47.1 Å². The van der Waals surface area contributed by atoms with Crippen molar-refractivity contribution in [3.05, 3.63) is 73.7 Å². The van der Waals surface area contributed by atoms with Crippen LogP contribution in [0.15, 0.2) is 73.7 Å². The average Bonchev–Trinajstić information content (AvgIpc) is 3.21. The number of nitriles is 1. The predicted molar refractivity (Wildman–Crippen MR) is 234 cm³/mol. The molecule has 0 bridgehead atoms. The summed E-state index contributed by atoms with van der Waals surface area (Å²) >= 11 is 0. The predicted octanol–water partition coefficient (Wildman–Crippen LogP) is 5.94. The molecule has 0 aliphatic rings. The summed E-state index contributed by atoms with van der Waals surface area (Å²) in [5.74, 6) is -3.52. The Balaban J connectivity index is -0.000000226. The molecule has 356 valence electrons. The monoisotopic (exact) mass is 922 g/mol. The van der Waals surface area contributed by atoms with E-state index in [2.05, 4.69) is 81.6 Å². The minimum atomic E-state index is -1.81. The van der Waals surface area contributed by atoms with E-state index in [1.54, 1.807) is 49.6 Å². The van der Waals surface area contributed by atoms with E-state index in [-0.39, 0.29) is 43.1 Å². The number of hydrogen-bond donors (Lipinski definition) is 2. The molecule has 0 aromatic rings. The molecule has 20 nitrogen and oxygen atoms in total. The summed E-state index contributed by atoms with van der Waals surface area (Å²) in [6.45, 7) is 31.4. The fourth-order valence-corrected chi connectivity index (χ4v) is 5.68. The third-order valence-electron chi connectivity index (χ3n) is 6.79. The third kappa shape index (κ3) is 44.4. The van der Waals surface area contributed by atoms with Crippen LogP contribution in [0.4, 0.5) is 4.79 Å². The molecule has 0 heterocycles. The number of nitrogens with one attached hydrogen (secondary N) is 1. The van der Waals surface area contributed by atoms with Crippen LogP contribution < -0.4 is 5.32 Å². The zero-order valence-corrected chi connectivity index (χ0v) is 40.6. The Labute approximate surface area is 369 Å². The topological polar surface area (TPSA) is 252 Å². The first-order valence-electron chi connectivity index (χ1n) is 18.4. The van der Waals surface area contributed by atoms with Gasteiger partial charge in [-0.3, -0.25) is 0 Å². The summed E-state index contributed by atoms with van der Waals surface area (Å²) in [6.07, 6.45) is 2.59. The molecule has 1 amide bonds. The first-order chi connectivity index (χ1) is 28.8. The number of rotatable bonds is 25. The fourth-order valence-electron chi connectivity index (χ4n) is 2.96. The van der Waals surface area contributed by atoms with Crippen molar-refractivity contribution in [3.63, 3.8) is 0 Å². The van der Waals surface area contributed by atoms with Crippen LogP contribution in [-0.4, -0.2) is 134 Å². The molecule has 0 saturated carbocycles. The van der Waals surface area contributed by atoms with E-state index in [1.807, 2.05) is 0 Å². The van der Waals surface area contributed by atoms with Crippen LogP contribution >= 0.6 is 0 Å². The second kappa shape index (κ2) is 41.2. The van der Waals surface area contributed by atoms with Gasteiger partial charge in [0.1, 0.15) is 19.8 Å². The Morgan fingerprint density at radius 2 is 0.935 bits per heavy atom. The van der Waals surface area contributed by atoms with E-state index in [0.29, 0.717) is 5.57 Å². The van der Waals surface area contributed by atoms with Gasteiger partial charge in [-0.15, -0.1) is 0 Å². The van der Waals surface area contributed by atoms with Crippen molar-refractivity contribution in [3.8, 4) is 6.26 Å². The van der Waals surface area contributed by atoms with Crippen molar-refractivity contribution in [1.82, 2.24) is 5.32 Å². The number of carbonyl (C=O) groups excluding carboxylic acids is 5. The molecular formula is C40H70N2O18Si2. The number of methoxy groups -OCH3 is 2. The number of aliphatic hydroxyl groups is 1. The van der Waals surface area contributed by atoms with Crippen LogP contribution in [0.5, 0.6) is 0 Å². The molecular weight excluding hydrogens is 853 g/mol. The van der Waals surface area contributed by atoms with Crippen molar-refractivity contribution in [2.45, 2.75) is 65.7 Å². The molecule has 0 aliphatic heterocycles. The van der Waals surface area contributed by atoms with E-state index < -0.39 is 59.0 Å². The number of nitrogens with zero attached hydrogens (tertiary/aromatic N) is 1. The van der Waals surface area contributed by atoms with Gasteiger partial charge in [-0.1, -0.05) is 26.3 Å². The first kappa shape index (κ1) is 66.0. The molecule has 0 aromatic heterocycles. The number of esters is 4. The van der Waals surface area contributed by atoms with E-state index in [0.717, 1.165) is 38.1 Å². The summed E-state index contributed by atoms with van der Waals surface area (Å²) < 4.78 is 57.9. The molecule has 62 heavy (non-hydrogen) atoms. The highest BCUT2D eigenvalue weighted by molar-refractivity contribution is 6.66. The van der Waals surface area contributed by atoms with Gasteiger partial charge in [0.25, 0.3) is 18.1 Å². The number of carbonyl (C=O) groups is 5. The van der Waals surface area contributed by atoms with Gasteiger partial charge < -0.3 is 66.0 Å². The van der Waals surface area contributed by atoms with Gasteiger partial charge in [-0.25, -0.2) is 24.0 Å². The van der Waals surface area contributed by atoms with Gasteiger partial charge in [-0.05, 0) is 78.9 Å². The lowest BCUT2D eigenvalue weighted by molar-refractivity contribution is -0.140. The standard InChI is InChI=1S/C13H17NO6.C7H9NO3.2C7H18O3Si.C6H8O3/c1-8(2)11(15)18-7-6-14-13(17)20-10(5)19-12(16)9(3)4;1-6(2)7(9)11-4-3-10-5-8;2*1-8-6-5-7-11(4,9-2)10-3;1-4(2)6(8)9-5(3)7/h1,3,5-7H2,2,4H3,(H,14,17);1,3-4H2,2H3;2*5-7H2,1-4H3;7H,1,3H2,2H3. The third-order valence-corrected chi connectivity index (χ3v) is 12.8. The zero-order chi connectivity index (χ0) is 49.3. The van der Waals surface area contributed by atoms with Crippen molar-refractivity contribution in [2.24, 2.45) is 0 Å². The van der Waals surface area contributed by atoms with Crippen LogP contribution in [0.1, 0.15) is 40.5 Å². The minimum Gasteiger partial charge on any atom is -0.481 e. The van der Waals surface area contributed by atoms with Gasteiger partial charge in [0.2, 0.25) is 0 Å². The van der Waals surface area contributed by atoms with Crippen LogP contribution in [0.25, 0.3) is 0 Å². The lowest BCUT2D eigenvalue weighted by Gasteiger charge is -2.22. The largest absolute Gasteiger partial charge is 0.481 e. The maximum absolute atomic E-state index is 11.2. The van der Waals surface area contributed by atoms with Crippen molar-refractivity contribution < 1.29 is 84.7 Å². The molecule has 0 unspecified atom stereocenters. The SMILES string of the molecule is C=C(C)C(=O)OCCOC#N.C=C(O)OC(=O)C(=C)C.C=C(OC(=O)NCCOC(=O)C(=C)C)OC(=O)C(=C)C.COCCC[Si](C)(OC)OC.COCCC[Si](C)(OC)OC. The first-order valence-corrected chi connectivity index (χ1v) is 23.5. The Morgan fingerprint density at radius 3 is 1.24 bits per heavy atom. The summed E-state index contributed by atoms with van der Waals surface area (Å²) in [4.78, 5) is 54.4. The maximum atomic E-state index is 11.2. The Hall–Kier alpha value is -5.13. The average molecular weight is 923 g/mol. The van der Waals surface area contributed by atoms with Crippen LogP contribution in [-0.2, 0) is 74.8 Å². The second-order valence-corrected chi connectivity index (χ2v) is 19.6. The fraction of sp³-hybridized carbons (Fsp3) is 0.550. The molecule has 0 saturated heterocycles. The quantitative estimate of drug-likeness (QED) is 0.0204. The molecule has 0 radical (unpaired) electrons.